The van der Waals surface area contributed by atoms with Crippen LogP contribution in [-0.2, 0) is 6.54 Å². The Kier molecular flexibility index (Phi) is 5.33. The van der Waals surface area contributed by atoms with E-state index in [0.717, 1.165) is 36.4 Å². The fourth-order valence-electron chi connectivity index (χ4n) is 3.17. The zero-order valence-electron chi connectivity index (χ0n) is 14.5. The molecule has 1 heterocycles. The van der Waals surface area contributed by atoms with Crippen LogP contribution in [0.15, 0.2) is 67.3 Å². The minimum absolute atomic E-state index is 0.264. The molecule has 0 aliphatic carbocycles. The molecule has 25 heavy (non-hydrogen) atoms. The Labute approximate surface area is 149 Å². The maximum atomic E-state index is 8.96. The second kappa shape index (κ2) is 7.83. The van der Waals surface area contributed by atoms with Gasteiger partial charge in [0.25, 0.3) is 0 Å². The first-order valence-corrected chi connectivity index (χ1v) is 8.42. The molecular formula is C22H22N2O. The van der Waals surface area contributed by atoms with E-state index in [2.05, 4.69) is 41.8 Å². The highest BCUT2D eigenvalue weighted by molar-refractivity contribution is 5.68. The molecule has 0 radical (unpaired) electrons. The van der Waals surface area contributed by atoms with Crippen LogP contribution in [0.25, 0.3) is 5.57 Å². The number of hydrogen-bond donors (Lipinski definition) is 0. The van der Waals surface area contributed by atoms with Gasteiger partial charge in [-0.25, -0.2) is 0 Å². The highest BCUT2D eigenvalue weighted by Crippen LogP contribution is 2.28. The van der Waals surface area contributed by atoms with Gasteiger partial charge in [0, 0.05) is 19.1 Å². The number of benzene rings is 2. The highest BCUT2D eigenvalue weighted by atomic mass is 16.5. The molecule has 1 aliphatic heterocycles. The Hall–Kier alpha value is -2.83. The summed E-state index contributed by atoms with van der Waals surface area (Å²) in [6.07, 6.45) is 5.39. The van der Waals surface area contributed by atoms with Gasteiger partial charge in [0.2, 0.25) is 0 Å². The van der Waals surface area contributed by atoms with Crippen LogP contribution in [0.2, 0.25) is 0 Å². The average molecular weight is 330 g/mol. The molecule has 2 aromatic carbocycles. The number of ether oxygens (including phenoxy) is 1. The van der Waals surface area contributed by atoms with Crippen molar-refractivity contribution in [3.05, 3.63) is 84.0 Å². The van der Waals surface area contributed by atoms with Crippen molar-refractivity contribution in [2.75, 3.05) is 13.7 Å². The molecule has 3 nitrogen and oxygen atoms in total. The fourth-order valence-corrected chi connectivity index (χ4v) is 3.17. The Morgan fingerprint density at radius 3 is 2.52 bits per heavy atom. The van der Waals surface area contributed by atoms with Crippen LogP contribution < -0.4 is 4.74 Å². The second-order valence-corrected chi connectivity index (χ2v) is 6.21. The lowest BCUT2D eigenvalue weighted by molar-refractivity contribution is 0.243. The van der Waals surface area contributed by atoms with Gasteiger partial charge in [0.1, 0.15) is 5.75 Å². The predicted octanol–water partition coefficient (Wildman–Crippen LogP) is 4.41. The lowest BCUT2D eigenvalue weighted by atomic mass is 9.93. The number of nitrogens with zero attached hydrogens (tertiary/aromatic N) is 2. The van der Waals surface area contributed by atoms with Crippen LogP contribution >= 0.6 is 0 Å². The first kappa shape index (κ1) is 17.0. The number of nitriles is 1. The zero-order chi connectivity index (χ0) is 17.6. The molecule has 0 saturated heterocycles. The standard InChI is InChI=1S/C22H22N2O/c1-17(20-10-6-18(15-23)7-11-20)22-5-3-4-14-24(22)16-19-8-12-21(25-2)13-9-19/h3-4,6-13,22H,1,5,14,16H2,2H3. The van der Waals surface area contributed by atoms with E-state index in [1.54, 1.807) is 7.11 Å². The van der Waals surface area contributed by atoms with E-state index in [9.17, 15) is 0 Å². The van der Waals surface area contributed by atoms with Crippen molar-refractivity contribution >= 4 is 5.57 Å². The zero-order valence-corrected chi connectivity index (χ0v) is 14.5. The van der Waals surface area contributed by atoms with Crippen LogP contribution in [0.4, 0.5) is 0 Å². The monoisotopic (exact) mass is 330 g/mol. The molecule has 126 valence electrons. The lowest BCUT2D eigenvalue weighted by Gasteiger charge is -2.34. The molecule has 1 atom stereocenters. The van der Waals surface area contributed by atoms with Gasteiger partial charge in [0.05, 0.1) is 18.7 Å². The summed E-state index contributed by atoms with van der Waals surface area (Å²) in [5.74, 6) is 0.876. The van der Waals surface area contributed by atoms with Gasteiger partial charge in [0.15, 0.2) is 0 Å². The second-order valence-electron chi connectivity index (χ2n) is 6.21. The summed E-state index contributed by atoms with van der Waals surface area (Å²) in [4.78, 5) is 2.43. The molecule has 0 amide bonds. The van der Waals surface area contributed by atoms with Gasteiger partial charge < -0.3 is 4.74 Å². The molecule has 3 rings (SSSR count). The van der Waals surface area contributed by atoms with Crippen LogP contribution in [-0.4, -0.2) is 24.6 Å². The van der Waals surface area contributed by atoms with Crippen molar-refractivity contribution in [1.29, 1.82) is 5.26 Å². The summed E-state index contributed by atoms with van der Waals surface area (Å²) in [6.45, 7) is 6.12. The largest absolute Gasteiger partial charge is 0.497 e. The summed E-state index contributed by atoms with van der Waals surface area (Å²) < 4.78 is 5.23. The van der Waals surface area contributed by atoms with Crippen molar-refractivity contribution < 1.29 is 4.74 Å². The fraction of sp³-hybridized carbons (Fsp3) is 0.227. The molecule has 0 spiro atoms. The molecule has 1 aliphatic rings. The van der Waals surface area contributed by atoms with Crippen molar-refractivity contribution in [3.63, 3.8) is 0 Å². The van der Waals surface area contributed by atoms with E-state index < -0.39 is 0 Å². The number of hydrogen-bond acceptors (Lipinski definition) is 3. The van der Waals surface area contributed by atoms with E-state index in [4.69, 9.17) is 10.00 Å². The van der Waals surface area contributed by atoms with Crippen molar-refractivity contribution in [1.82, 2.24) is 4.90 Å². The summed E-state index contributed by atoms with van der Waals surface area (Å²) in [5.41, 5.74) is 4.13. The predicted molar refractivity (Wildman–Crippen MR) is 101 cm³/mol. The molecule has 0 fully saturated rings. The van der Waals surface area contributed by atoms with E-state index in [1.165, 1.54) is 5.56 Å². The Balaban J connectivity index is 1.76. The van der Waals surface area contributed by atoms with Gasteiger partial charge in [-0.3, -0.25) is 4.90 Å². The normalized spacial score (nSPS) is 17.0. The maximum Gasteiger partial charge on any atom is 0.118 e. The van der Waals surface area contributed by atoms with Gasteiger partial charge >= 0.3 is 0 Å². The summed E-state index contributed by atoms with van der Waals surface area (Å²) in [6, 6.07) is 18.3. The molecule has 3 heteroatoms. The van der Waals surface area contributed by atoms with Crippen LogP contribution in [0.3, 0.4) is 0 Å². The molecule has 0 aromatic heterocycles. The third-order valence-electron chi connectivity index (χ3n) is 4.64. The average Bonchev–Trinajstić information content (AvgIpc) is 2.68. The Bertz CT molecular complexity index is 797. The van der Waals surface area contributed by atoms with E-state index >= 15 is 0 Å². The topological polar surface area (TPSA) is 36.3 Å². The van der Waals surface area contributed by atoms with E-state index in [-0.39, 0.29) is 6.04 Å². The first-order chi connectivity index (χ1) is 12.2. The minimum atomic E-state index is 0.264. The molecule has 0 N–H and O–H groups in total. The number of methoxy groups -OCH3 is 1. The van der Waals surface area contributed by atoms with Crippen molar-refractivity contribution in [3.8, 4) is 11.8 Å². The SMILES string of the molecule is C=C(c1ccc(C#N)cc1)C1CC=CCN1Cc1ccc(OC)cc1. The van der Waals surface area contributed by atoms with Gasteiger partial charge in [-0.2, -0.15) is 5.26 Å². The van der Waals surface area contributed by atoms with Gasteiger partial charge in [-0.15, -0.1) is 0 Å². The van der Waals surface area contributed by atoms with Crippen molar-refractivity contribution in [2.24, 2.45) is 0 Å². The Morgan fingerprint density at radius 1 is 1.16 bits per heavy atom. The smallest absolute Gasteiger partial charge is 0.118 e. The van der Waals surface area contributed by atoms with Gasteiger partial charge in [-0.05, 0) is 47.4 Å². The summed E-state index contributed by atoms with van der Waals surface area (Å²) >= 11 is 0. The molecule has 0 saturated carbocycles. The summed E-state index contributed by atoms with van der Waals surface area (Å²) in [7, 11) is 1.68. The van der Waals surface area contributed by atoms with Crippen LogP contribution in [0.1, 0.15) is 23.1 Å². The molecule has 2 aromatic rings. The third-order valence-corrected chi connectivity index (χ3v) is 4.64. The summed E-state index contributed by atoms with van der Waals surface area (Å²) in [5, 5.41) is 8.96. The van der Waals surface area contributed by atoms with E-state index in [1.807, 2.05) is 36.4 Å². The molecule has 0 bridgehead atoms. The lowest BCUT2D eigenvalue weighted by Crippen LogP contribution is -2.37. The molecular weight excluding hydrogens is 308 g/mol. The van der Waals surface area contributed by atoms with E-state index in [0.29, 0.717) is 5.56 Å². The quantitative estimate of drug-likeness (QED) is 0.762. The third kappa shape index (κ3) is 3.99. The minimum Gasteiger partial charge on any atom is -0.497 e. The van der Waals surface area contributed by atoms with Crippen molar-refractivity contribution in [2.45, 2.75) is 19.0 Å². The van der Waals surface area contributed by atoms with Gasteiger partial charge in [-0.1, -0.05) is 43.0 Å². The highest BCUT2D eigenvalue weighted by Gasteiger charge is 2.23. The molecule has 1 unspecified atom stereocenters. The van der Waals surface area contributed by atoms with Crippen LogP contribution in [0.5, 0.6) is 5.75 Å². The van der Waals surface area contributed by atoms with Crippen LogP contribution in [0, 0.1) is 11.3 Å². The number of rotatable bonds is 5. The maximum absolute atomic E-state index is 8.96. The Morgan fingerprint density at radius 2 is 1.88 bits per heavy atom. The first-order valence-electron chi connectivity index (χ1n) is 8.42.